The Morgan fingerprint density at radius 3 is 2.56 bits per heavy atom. The van der Waals surface area contributed by atoms with Crippen LogP contribution in [-0.4, -0.2) is 56.9 Å². The van der Waals surface area contributed by atoms with Gasteiger partial charge < -0.3 is 15.4 Å². The fraction of sp³-hybridized carbons (Fsp3) is 0.455. The van der Waals surface area contributed by atoms with Crippen LogP contribution in [0.1, 0.15) is 36.0 Å². The first-order chi connectivity index (χ1) is 15.4. The number of sulfonamides is 1. The van der Waals surface area contributed by atoms with Crippen LogP contribution in [-0.2, 0) is 19.6 Å². The van der Waals surface area contributed by atoms with Crippen LogP contribution in [0.3, 0.4) is 0 Å². The molecule has 2 N–H and O–H groups in total. The second-order valence-electron chi connectivity index (χ2n) is 7.99. The molecule has 0 saturated carbocycles. The molecule has 0 radical (unpaired) electrons. The van der Waals surface area contributed by atoms with Gasteiger partial charge in [0.05, 0.1) is 17.4 Å². The molecule has 1 atom stereocenters. The average Bonchev–Trinajstić information content (AvgIpc) is 3.52. The lowest BCUT2D eigenvalue weighted by molar-refractivity contribution is -0.120. The predicted octanol–water partition coefficient (Wildman–Crippen LogP) is 2.70. The van der Waals surface area contributed by atoms with Gasteiger partial charge in [0.1, 0.15) is 4.21 Å². The van der Waals surface area contributed by atoms with Gasteiger partial charge in [0.25, 0.3) is 15.9 Å². The van der Waals surface area contributed by atoms with E-state index in [-0.39, 0.29) is 23.8 Å². The Bertz CT molecular complexity index is 1040. The molecule has 172 valence electrons. The highest BCUT2D eigenvalue weighted by Crippen LogP contribution is 2.27. The molecule has 32 heavy (non-hydrogen) atoms. The van der Waals surface area contributed by atoms with E-state index >= 15 is 0 Å². The van der Waals surface area contributed by atoms with Gasteiger partial charge in [-0.25, -0.2) is 8.42 Å². The van der Waals surface area contributed by atoms with E-state index in [2.05, 4.69) is 10.6 Å². The highest BCUT2D eigenvalue weighted by molar-refractivity contribution is 7.91. The maximum absolute atomic E-state index is 12.9. The summed E-state index contributed by atoms with van der Waals surface area (Å²) < 4.78 is 32.7. The number of carbonyl (C=O) groups excluding carboxylic acids is 2. The van der Waals surface area contributed by atoms with Gasteiger partial charge in [0.2, 0.25) is 5.91 Å². The van der Waals surface area contributed by atoms with Crippen LogP contribution in [0.15, 0.2) is 46.0 Å². The molecule has 2 aliphatic heterocycles. The maximum atomic E-state index is 12.9. The van der Waals surface area contributed by atoms with Crippen molar-refractivity contribution in [1.82, 2.24) is 9.62 Å². The number of nitrogens with one attached hydrogen (secondary N) is 2. The zero-order valence-corrected chi connectivity index (χ0v) is 19.3. The lowest BCUT2D eigenvalue weighted by atomic mass is 9.97. The minimum atomic E-state index is -3.50. The van der Waals surface area contributed by atoms with Crippen molar-refractivity contribution in [2.45, 2.75) is 36.0 Å². The minimum absolute atomic E-state index is 0.0383. The Balaban J connectivity index is 1.34. The van der Waals surface area contributed by atoms with Crippen LogP contribution in [0.5, 0.6) is 0 Å². The molecule has 0 spiro atoms. The molecule has 4 rings (SSSR count). The van der Waals surface area contributed by atoms with Crippen LogP contribution < -0.4 is 10.6 Å². The van der Waals surface area contributed by atoms with E-state index in [9.17, 15) is 18.0 Å². The standard InChI is InChI=1S/C22H27N3O5S2/c26-21(16-9-11-25(12-10-16)32(28,29)20-8-4-14-31-20)24-19-7-2-1-6-18(19)22(27)23-15-17-5-3-13-30-17/h1-2,4,6-8,14,16-17H,3,5,9-13,15H2,(H,23,27)(H,24,26). The van der Waals surface area contributed by atoms with Crippen LogP contribution in [0.25, 0.3) is 0 Å². The van der Waals surface area contributed by atoms with Crippen LogP contribution >= 0.6 is 11.3 Å². The molecule has 2 saturated heterocycles. The number of nitrogens with zero attached hydrogens (tertiary/aromatic N) is 1. The smallest absolute Gasteiger partial charge is 0.253 e. The quantitative estimate of drug-likeness (QED) is 0.638. The second kappa shape index (κ2) is 10.1. The number of piperidine rings is 1. The first-order valence-electron chi connectivity index (χ1n) is 10.8. The van der Waals surface area contributed by atoms with Crippen molar-refractivity contribution in [3.63, 3.8) is 0 Å². The number of rotatable bonds is 7. The Morgan fingerprint density at radius 2 is 1.88 bits per heavy atom. The summed E-state index contributed by atoms with van der Waals surface area (Å²) in [4.78, 5) is 25.5. The van der Waals surface area contributed by atoms with Crippen molar-refractivity contribution in [2.75, 3.05) is 31.6 Å². The molecular weight excluding hydrogens is 450 g/mol. The van der Waals surface area contributed by atoms with Gasteiger partial charge in [-0.3, -0.25) is 9.59 Å². The molecule has 2 aromatic rings. The number of anilines is 1. The highest BCUT2D eigenvalue weighted by atomic mass is 32.2. The van der Waals surface area contributed by atoms with Gasteiger partial charge in [-0.05, 0) is 49.3 Å². The van der Waals surface area contributed by atoms with Crippen molar-refractivity contribution in [2.24, 2.45) is 5.92 Å². The van der Waals surface area contributed by atoms with Gasteiger partial charge >= 0.3 is 0 Å². The molecule has 1 unspecified atom stereocenters. The Labute approximate surface area is 192 Å². The zero-order chi connectivity index (χ0) is 22.6. The van der Waals surface area contributed by atoms with E-state index in [4.69, 9.17) is 4.74 Å². The summed E-state index contributed by atoms with van der Waals surface area (Å²) in [5.41, 5.74) is 0.854. The summed E-state index contributed by atoms with van der Waals surface area (Å²) in [6.07, 6.45) is 2.84. The number of carbonyl (C=O) groups is 2. The van der Waals surface area contributed by atoms with Crippen molar-refractivity contribution < 1.29 is 22.7 Å². The fourth-order valence-corrected chi connectivity index (χ4v) is 6.64. The van der Waals surface area contributed by atoms with Gasteiger partial charge in [-0.2, -0.15) is 4.31 Å². The first kappa shape index (κ1) is 22.9. The van der Waals surface area contributed by atoms with Crippen molar-refractivity contribution in [1.29, 1.82) is 0 Å². The van der Waals surface area contributed by atoms with E-state index in [1.165, 1.54) is 15.6 Å². The molecular formula is C22H27N3O5S2. The third-order valence-corrected chi connectivity index (χ3v) is 9.13. The van der Waals surface area contributed by atoms with E-state index in [0.717, 1.165) is 19.4 Å². The molecule has 1 aromatic heterocycles. The molecule has 0 bridgehead atoms. The number of hydrogen-bond acceptors (Lipinski definition) is 6. The highest BCUT2D eigenvalue weighted by Gasteiger charge is 2.33. The molecule has 0 aliphatic carbocycles. The van der Waals surface area contributed by atoms with Crippen molar-refractivity contribution in [3.05, 3.63) is 47.3 Å². The first-order valence-corrected chi connectivity index (χ1v) is 13.1. The normalized spacial score (nSPS) is 20.2. The molecule has 8 nitrogen and oxygen atoms in total. The molecule has 2 fully saturated rings. The monoisotopic (exact) mass is 477 g/mol. The fourth-order valence-electron chi connectivity index (χ4n) is 4.03. The lowest BCUT2D eigenvalue weighted by Crippen LogP contribution is -2.41. The number of benzene rings is 1. The van der Waals surface area contributed by atoms with E-state index in [1.54, 1.807) is 41.8 Å². The Hall–Kier alpha value is -2.27. The topological polar surface area (TPSA) is 105 Å². The van der Waals surface area contributed by atoms with E-state index in [1.807, 2.05) is 0 Å². The summed E-state index contributed by atoms with van der Waals surface area (Å²) in [7, 11) is -3.50. The molecule has 10 heteroatoms. The third kappa shape index (κ3) is 5.20. The van der Waals surface area contributed by atoms with E-state index in [0.29, 0.717) is 47.9 Å². The number of para-hydroxylation sites is 1. The Morgan fingerprint density at radius 1 is 1.09 bits per heavy atom. The van der Waals surface area contributed by atoms with Gasteiger partial charge in [-0.15, -0.1) is 11.3 Å². The summed E-state index contributed by atoms with van der Waals surface area (Å²) in [6.45, 7) is 1.75. The van der Waals surface area contributed by atoms with E-state index < -0.39 is 10.0 Å². The van der Waals surface area contributed by atoms with Gasteiger partial charge in [0, 0.05) is 32.2 Å². The van der Waals surface area contributed by atoms with Crippen LogP contribution in [0.4, 0.5) is 5.69 Å². The molecule has 2 aliphatic rings. The lowest BCUT2D eigenvalue weighted by Gasteiger charge is -2.30. The maximum Gasteiger partial charge on any atom is 0.253 e. The van der Waals surface area contributed by atoms with Crippen LogP contribution in [0, 0.1) is 5.92 Å². The largest absolute Gasteiger partial charge is 0.376 e. The average molecular weight is 478 g/mol. The van der Waals surface area contributed by atoms with Gasteiger partial charge in [0.15, 0.2) is 0 Å². The second-order valence-corrected chi connectivity index (χ2v) is 11.1. The summed E-state index contributed by atoms with van der Waals surface area (Å²) >= 11 is 1.19. The van der Waals surface area contributed by atoms with Crippen LogP contribution in [0.2, 0.25) is 0 Å². The SMILES string of the molecule is O=C(NCC1CCCO1)c1ccccc1NC(=O)C1CCN(S(=O)(=O)c2cccs2)CC1. The number of ether oxygens (including phenoxy) is 1. The molecule has 2 amide bonds. The third-order valence-electron chi connectivity index (χ3n) is 5.86. The van der Waals surface area contributed by atoms with Crippen molar-refractivity contribution >= 4 is 38.9 Å². The summed E-state index contributed by atoms with van der Waals surface area (Å²) in [6, 6.07) is 10.2. The number of amides is 2. The summed E-state index contributed by atoms with van der Waals surface area (Å²) in [5, 5.41) is 7.49. The zero-order valence-electron chi connectivity index (χ0n) is 17.7. The molecule has 3 heterocycles. The summed E-state index contributed by atoms with van der Waals surface area (Å²) in [5.74, 6) is -0.765. The van der Waals surface area contributed by atoms with Crippen molar-refractivity contribution in [3.8, 4) is 0 Å². The number of thiophene rings is 1. The Kier molecular flexibility index (Phi) is 7.24. The minimum Gasteiger partial charge on any atom is -0.376 e. The molecule has 1 aromatic carbocycles. The predicted molar refractivity (Wildman–Crippen MR) is 122 cm³/mol. The number of hydrogen-bond donors (Lipinski definition) is 2. The van der Waals surface area contributed by atoms with Gasteiger partial charge in [-0.1, -0.05) is 18.2 Å².